The third-order valence-electron chi connectivity index (χ3n) is 4.90. The number of rotatable bonds is 4. The summed E-state index contributed by atoms with van der Waals surface area (Å²) in [6, 6.07) is 0.0948. The van der Waals surface area contributed by atoms with E-state index in [1.165, 1.54) is 0 Å². The van der Waals surface area contributed by atoms with Crippen LogP contribution in [-0.2, 0) is 9.59 Å². The molecule has 24 heavy (non-hydrogen) atoms. The van der Waals surface area contributed by atoms with E-state index in [1.54, 1.807) is 0 Å². The van der Waals surface area contributed by atoms with E-state index >= 15 is 0 Å². The van der Waals surface area contributed by atoms with E-state index < -0.39 is 12.1 Å². The standard InChI is InChI=1S/C15H24F3N3O2.ClH/c16-15(17,18)14(23)21-6-4-10(5-7-21)9-20-13(22)8-11-2-1-3-12(11)19;/h10-12H,1-9,19H2,(H,20,22);1H/t11-,12+;/m0./s1. The number of carbonyl (C=O) groups is 2. The molecule has 1 aliphatic heterocycles. The van der Waals surface area contributed by atoms with E-state index in [2.05, 4.69) is 5.32 Å². The van der Waals surface area contributed by atoms with Crippen LogP contribution in [0.2, 0.25) is 0 Å². The average Bonchev–Trinajstić information content (AvgIpc) is 2.89. The molecule has 2 aliphatic rings. The van der Waals surface area contributed by atoms with Crippen molar-refractivity contribution >= 4 is 24.2 Å². The quantitative estimate of drug-likeness (QED) is 0.791. The molecule has 0 aromatic heterocycles. The van der Waals surface area contributed by atoms with Gasteiger partial charge >= 0.3 is 12.1 Å². The molecule has 9 heteroatoms. The number of likely N-dealkylation sites (tertiary alicyclic amines) is 1. The summed E-state index contributed by atoms with van der Waals surface area (Å²) in [4.78, 5) is 23.9. The van der Waals surface area contributed by atoms with Crippen molar-refractivity contribution in [2.45, 2.75) is 50.7 Å². The first kappa shape index (κ1) is 21.0. The number of hydrogen-bond donors (Lipinski definition) is 2. The molecule has 1 saturated heterocycles. The van der Waals surface area contributed by atoms with Crippen molar-refractivity contribution in [2.24, 2.45) is 17.6 Å². The second kappa shape index (κ2) is 8.89. The van der Waals surface area contributed by atoms with Crippen molar-refractivity contribution in [1.82, 2.24) is 10.2 Å². The summed E-state index contributed by atoms with van der Waals surface area (Å²) >= 11 is 0. The van der Waals surface area contributed by atoms with Gasteiger partial charge in [-0.1, -0.05) is 6.42 Å². The number of nitrogens with two attached hydrogens (primary N) is 1. The predicted octanol–water partition coefficient (Wildman–Crippen LogP) is 1.84. The predicted molar refractivity (Wildman–Crippen MR) is 85.6 cm³/mol. The smallest absolute Gasteiger partial charge is 0.356 e. The first-order valence-electron chi connectivity index (χ1n) is 8.15. The Balaban J connectivity index is 0.00000288. The zero-order valence-electron chi connectivity index (χ0n) is 13.5. The van der Waals surface area contributed by atoms with E-state index in [4.69, 9.17) is 5.73 Å². The minimum atomic E-state index is -4.80. The molecule has 0 spiro atoms. The molecule has 0 bridgehead atoms. The van der Waals surface area contributed by atoms with E-state index in [0.29, 0.717) is 25.8 Å². The van der Waals surface area contributed by atoms with Crippen LogP contribution in [0, 0.1) is 11.8 Å². The number of nitrogens with zero attached hydrogens (tertiary/aromatic N) is 1. The zero-order chi connectivity index (χ0) is 17.0. The Hall–Kier alpha value is -1.02. The minimum absolute atomic E-state index is 0. The van der Waals surface area contributed by atoms with Crippen molar-refractivity contribution < 1.29 is 22.8 Å². The highest BCUT2D eigenvalue weighted by Gasteiger charge is 2.43. The van der Waals surface area contributed by atoms with E-state index in [9.17, 15) is 22.8 Å². The van der Waals surface area contributed by atoms with Gasteiger partial charge in [0.2, 0.25) is 5.91 Å². The van der Waals surface area contributed by atoms with Gasteiger partial charge in [0.05, 0.1) is 0 Å². The molecule has 3 N–H and O–H groups in total. The number of carbonyl (C=O) groups excluding carboxylic acids is 2. The molecule has 1 heterocycles. The highest BCUT2D eigenvalue weighted by Crippen LogP contribution is 2.27. The lowest BCUT2D eigenvalue weighted by Crippen LogP contribution is -2.46. The largest absolute Gasteiger partial charge is 0.471 e. The maximum absolute atomic E-state index is 12.4. The molecule has 140 valence electrons. The van der Waals surface area contributed by atoms with Crippen LogP contribution < -0.4 is 11.1 Å². The molecule has 0 unspecified atom stereocenters. The molecule has 1 aliphatic carbocycles. The van der Waals surface area contributed by atoms with Crippen LogP contribution in [0.25, 0.3) is 0 Å². The summed E-state index contributed by atoms with van der Waals surface area (Å²) in [7, 11) is 0. The number of hydrogen-bond acceptors (Lipinski definition) is 3. The summed E-state index contributed by atoms with van der Waals surface area (Å²) in [6.07, 6.45) is -0.426. The van der Waals surface area contributed by atoms with Crippen molar-refractivity contribution in [2.75, 3.05) is 19.6 Å². The Kier molecular flexibility index (Phi) is 7.79. The van der Waals surface area contributed by atoms with Crippen LogP contribution in [-0.4, -0.2) is 48.6 Å². The highest BCUT2D eigenvalue weighted by molar-refractivity contribution is 5.85. The van der Waals surface area contributed by atoms with Crippen LogP contribution in [0.3, 0.4) is 0 Å². The molecule has 2 fully saturated rings. The molecule has 0 radical (unpaired) electrons. The van der Waals surface area contributed by atoms with Crippen molar-refractivity contribution in [1.29, 1.82) is 0 Å². The summed E-state index contributed by atoms with van der Waals surface area (Å²) in [6.45, 7) is 0.633. The first-order chi connectivity index (χ1) is 10.8. The third-order valence-corrected chi connectivity index (χ3v) is 4.90. The van der Waals surface area contributed by atoms with Gasteiger partial charge in [-0.3, -0.25) is 9.59 Å². The minimum Gasteiger partial charge on any atom is -0.356 e. The molecular weight excluding hydrogens is 347 g/mol. The molecule has 2 atom stereocenters. The van der Waals surface area contributed by atoms with Gasteiger partial charge in [0.15, 0.2) is 0 Å². The number of alkyl halides is 3. The second-order valence-corrected chi connectivity index (χ2v) is 6.60. The van der Waals surface area contributed by atoms with Crippen LogP contribution in [0.1, 0.15) is 38.5 Å². The van der Waals surface area contributed by atoms with Crippen molar-refractivity contribution in [3.05, 3.63) is 0 Å². The average molecular weight is 372 g/mol. The number of halogens is 4. The molecule has 1 saturated carbocycles. The Labute approximate surface area is 145 Å². The van der Waals surface area contributed by atoms with Gasteiger partial charge in [0, 0.05) is 32.1 Å². The molecular formula is C15H25ClF3N3O2. The fraction of sp³-hybridized carbons (Fsp3) is 0.867. The lowest BCUT2D eigenvalue weighted by Gasteiger charge is -2.32. The first-order valence-corrected chi connectivity index (χ1v) is 8.15. The number of amides is 2. The van der Waals surface area contributed by atoms with Crippen LogP contribution in [0.4, 0.5) is 13.2 Å². The fourth-order valence-electron chi connectivity index (χ4n) is 3.41. The second-order valence-electron chi connectivity index (χ2n) is 6.60. The SMILES string of the molecule is Cl.N[C@@H]1CCC[C@H]1CC(=O)NCC1CCN(C(=O)C(F)(F)F)CC1. The highest BCUT2D eigenvalue weighted by atomic mass is 35.5. The van der Waals surface area contributed by atoms with Gasteiger partial charge < -0.3 is 16.0 Å². The van der Waals surface area contributed by atoms with Gasteiger partial charge in [0.25, 0.3) is 0 Å². The Morgan fingerprint density at radius 2 is 1.75 bits per heavy atom. The van der Waals surface area contributed by atoms with Crippen molar-refractivity contribution in [3.63, 3.8) is 0 Å². The van der Waals surface area contributed by atoms with Gasteiger partial charge in [-0.05, 0) is 37.5 Å². The fourth-order valence-corrected chi connectivity index (χ4v) is 3.41. The normalized spacial score (nSPS) is 25.2. The maximum atomic E-state index is 12.4. The third kappa shape index (κ3) is 5.81. The summed E-state index contributed by atoms with van der Waals surface area (Å²) in [5, 5.41) is 2.85. The Morgan fingerprint density at radius 1 is 1.12 bits per heavy atom. The summed E-state index contributed by atoms with van der Waals surface area (Å²) < 4.78 is 37.1. The number of piperidine rings is 1. The molecule has 0 aromatic carbocycles. The molecule has 2 rings (SSSR count). The molecule has 5 nitrogen and oxygen atoms in total. The summed E-state index contributed by atoms with van der Waals surface area (Å²) in [5.41, 5.74) is 5.94. The Morgan fingerprint density at radius 3 is 2.25 bits per heavy atom. The monoisotopic (exact) mass is 371 g/mol. The topological polar surface area (TPSA) is 75.4 Å². The lowest BCUT2D eigenvalue weighted by atomic mass is 9.96. The maximum Gasteiger partial charge on any atom is 0.471 e. The van der Waals surface area contributed by atoms with Gasteiger partial charge in [0.1, 0.15) is 0 Å². The van der Waals surface area contributed by atoms with Gasteiger partial charge in [-0.25, -0.2) is 0 Å². The van der Waals surface area contributed by atoms with Gasteiger partial charge in [-0.2, -0.15) is 13.2 Å². The summed E-state index contributed by atoms with van der Waals surface area (Å²) in [5.74, 6) is -1.45. The van der Waals surface area contributed by atoms with Crippen molar-refractivity contribution in [3.8, 4) is 0 Å². The van der Waals surface area contributed by atoms with Gasteiger partial charge in [-0.15, -0.1) is 12.4 Å². The lowest BCUT2D eigenvalue weighted by molar-refractivity contribution is -0.186. The Bertz CT molecular complexity index is 440. The van der Waals surface area contributed by atoms with Crippen LogP contribution >= 0.6 is 12.4 Å². The number of nitrogens with one attached hydrogen (secondary N) is 1. The molecule has 0 aromatic rings. The van der Waals surface area contributed by atoms with Crippen LogP contribution in [0.5, 0.6) is 0 Å². The van der Waals surface area contributed by atoms with Crippen LogP contribution in [0.15, 0.2) is 0 Å². The zero-order valence-corrected chi connectivity index (χ0v) is 14.3. The molecule has 2 amide bonds. The van der Waals surface area contributed by atoms with E-state index in [-0.39, 0.29) is 49.3 Å². The van der Waals surface area contributed by atoms with E-state index in [0.717, 1.165) is 24.2 Å². The van der Waals surface area contributed by atoms with E-state index in [1.807, 2.05) is 0 Å².